The van der Waals surface area contributed by atoms with Gasteiger partial charge in [-0.25, -0.2) is 18.1 Å². The highest BCUT2D eigenvalue weighted by molar-refractivity contribution is 7.88. The molecule has 0 atom stereocenters. The summed E-state index contributed by atoms with van der Waals surface area (Å²) in [4.78, 5) is 3.81. The fourth-order valence-corrected chi connectivity index (χ4v) is 2.76. The maximum absolute atomic E-state index is 12.5. The molecule has 0 unspecified atom stereocenters. The molecule has 0 aliphatic heterocycles. The third kappa shape index (κ3) is 5.62. The van der Waals surface area contributed by atoms with Gasteiger partial charge in [-0.1, -0.05) is 0 Å². The molecule has 0 fully saturated rings. The van der Waals surface area contributed by atoms with Gasteiger partial charge in [-0.15, -0.1) is 0 Å². The number of rotatable bonds is 7. The van der Waals surface area contributed by atoms with Gasteiger partial charge in [0.05, 0.1) is 12.8 Å². The van der Waals surface area contributed by atoms with Gasteiger partial charge in [0.15, 0.2) is 0 Å². The number of imidazole rings is 1. The number of nitrogens with one attached hydrogen (secondary N) is 2. The SMILES string of the molecule is CC(C)(CNCc1nccn1C(F)F)NS(C)(=O)=O. The average molecular weight is 296 g/mol. The van der Waals surface area contributed by atoms with Gasteiger partial charge in [-0.2, -0.15) is 8.78 Å². The fraction of sp³-hybridized carbons (Fsp3) is 0.700. The Balaban J connectivity index is 2.52. The second-order valence-corrected chi connectivity index (χ2v) is 6.64. The Kier molecular flexibility index (Phi) is 4.99. The van der Waals surface area contributed by atoms with Crippen LogP contribution in [0.5, 0.6) is 0 Å². The minimum absolute atomic E-state index is 0.131. The van der Waals surface area contributed by atoms with E-state index in [1.54, 1.807) is 13.8 Å². The van der Waals surface area contributed by atoms with Crippen LogP contribution in [-0.2, 0) is 16.6 Å². The maximum atomic E-state index is 12.5. The van der Waals surface area contributed by atoms with Crippen molar-refractivity contribution in [2.75, 3.05) is 12.8 Å². The van der Waals surface area contributed by atoms with Crippen LogP contribution < -0.4 is 10.0 Å². The lowest BCUT2D eigenvalue weighted by Gasteiger charge is -2.25. The molecule has 0 spiro atoms. The predicted octanol–water partition coefficient (Wildman–Crippen LogP) is 0.696. The Hall–Kier alpha value is -1.06. The maximum Gasteiger partial charge on any atom is 0.319 e. The Morgan fingerprint density at radius 3 is 2.63 bits per heavy atom. The van der Waals surface area contributed by atoms with Crippen molar-refractivity contribution in [2.45, 2.75) is 32.5 Å². The summed E-state index contributed by atoms with van der Waals surface area (Å²) in [5.41, 5.74) is -0.712. The Morgan fingerprint density at radius 2 is 2.11 bits per heavy atom. The third-order valence-corrected chi connectivity index (χ3v) is 3.19. The summed E-state index contributed by atoms with van der Waals surface area (Å²) in [6.45, 7) is 1.17. The van der Waals surface area contributed by atoms with Gasteiger partial charge in [-0.05, 0) is 13.8 Å². The topological polar surface area (TPSA) is 76.0 Å². The number of hydrogen-bond donors (Lipinski definition) is 2. The molecule has 2 N–H and O–H groups in total. The smallest absolute Gasteiger partial charge is 0.308 e. The van der Waals surface area contributed by atoms with E-state index in [4.69, 9.17) is 0 Å². The summed E-state index contributed by atoms with van der Waals surface area (Å²) in [7, 11) is -3.32. The molecule has 0 saturated heterocycles. The van der Waals surface area contributed by atoms with Crippen LogP contribution in [0, 0.1) is 0 Å². The molecule has 110 valence electrons. The zero-order chi connectivity index (χ0) is 14.7. The van der Waals surface area contributed by atoms with Crippen molar-refractivity contribution >= 4 is 10.0 Å². The molecule has 1 aromatic rings. The van der Waals surface area contributed by atoms with E-state index in [1.807, 2.05) is 0 Å². The molecule has 0 amide bonds. The van der Waals surface area contributed by atoms with Gasteiger partial charge < -0.3 is 5.32 Å². The lowest BCUT2D eigenvalue weighted by molar-refractivity contribution is 0.0666. The first-order valence-corrected chi connectivity index (χ1v) is 7.49. The van der Waals surface area contributed by atoms with Crippen LogP contribution in [0.2, 0.25) is 0 Å². The largest absolute Gasteiger partial charge is 0.319 e. The summed E-state index contributed by atoms with van der Waals surface area (Å²) in [6, 6.07) is 0. The van der Waals surface area contributed by atoms with Gasteiger partial charge in [-0.3, -0.25) is 4.57 Å². The highest BCUT2D eigenvalue weighted by Crippen LogP contribution is 2.12. The van der Waals surface area contributed by atoms with E-state index in [1.165, 1.54) is 12.4 Å². The summed E-state index contributed by atoms with van der Waals surface area (Å²) in [5.74, 6) is 0.199. The van der Waals surface area contributed by atoms with Crippen LogP contribution in [0.3, 0.4) is 0 Å². The predicted molar refractivity (Wildman–Crippen MR) is 67.2 cm³/mol. The highest BCUT2D eigenvalue weighted by Gasteiger charge is 2.22. The quantitative estimate of drug-likeness (QED) is 0.776. The third-order valence-electron chi connectivity index (χ3n) is 2.27. The molecule has 0 radical (unpaired) electrons. The van der Waals surface area contributed by atoms with E-state index >= 15 is 0 Å². The second kappa shape index (κ2) is 5.93. The van der Waals surface area contributed by atoms with E-state index in [2.05, 4.69) is 15.0 Å². The van der Waals surface area contributed by atoms with E-state index in [-0.39, 0.29) is 18.9 Å². The monoisotopic (exact) mass is 296 g/mol. The molecule has 1 rings (SSSR count). The molecule has 1 aromatic heterocycles. The van der Waals surface area contributed by atoms with Gasteiger partial charge in [0.2, 0.25) is 10.0 Å². The number of sulfonamides is 1. The molecule has 0 aliphatic carbocycles. The van der Waals surface area contributed by atoms with Crippen molar-refractivity contribution in [2.24, 2.45) is 0 Å². The highest BCUT2D eigenvalue weighted by atomic mass is 32.2. The molecule has 1 heterocycles. The zero-order valence-electron chi connectivity index (χ0n) is 11.0. The van der Waals surface area contributed by atoms with Crippen LogP contribution in [0.4, 0.5) is 8.78 Å². The van der Waals surface area contributed by atoms with E-state index in [0.29, 0.717) is 0 Å². The van der Waals surface area contributed by atoms with Crippen molar-refractivity contribution in [3.63, 3.8) is 0 Å². The van der Waals surface area contributed by atoms with E-state index in [9.17, 15) is 17.2 Å². The number of halogens is 2. The summed E-state index contributed by atoms with van der Waals surface area (Å²) < 4.78 is 50.6. The van der Waals surface area contributed by atoms with Crippen LogP contribution in [0.1, 0.15) is 26.2 Å². The Labute approximate surface area is 111 Å². The van der Waals surface area contributed by atoms with Gasteiger partial charge >= 0.3 is 6.55 Å². The lowest BCUT2D eigenvalue weighted by Crippen LogP contribution is -2.49. The molecule has 0 saturated carbocycles. The van der Waals surface area contributed by atoms with Crippen LogP contribution in [-0.4, -0.2) is 36.3 Å². The molecule has 0 bridgehead atoms. The van der Waals surface area contributed by atoms with E-state index in [0.717, 1.165) is 10.8 Å². The summed E-state index contributed by atoms with van der Waals surface area (Å²) in [6.07, 6.45) is 3.56. The summed E-state index contributed by atoms with van der Waals surface area (Å²) in [5, 5.41) is 2.90. The number of hydrogen-bond acceptors (Lipinski definition) is 4. The second-order valence-electron chi connectivity index (χ2n) is 4.89. The first-order chi connectivity index (χ1) is 8.61. The minimum Gasteiger partial charge on any atom is -0.308 e. The number of aromatic nitrogens is 2. The van der Waals surface area contributed by atoms with Gasteiger partial charge in [0.1, 0.15) is 5.82 Å². The first kappa shape index (κ1) is 16.0. The molecular weight excluding hydrogens is 278 g/mol. The van der Waals surface area contributed by atoms with Crippen LogP contribution in [0.15, 0.2) is 12.4 Å². The Morgan fingerprint density at radius 1 is 1.47 bits per heavy atom. The standard InChI is InChI=1S/C10H18F2N4O2S/c1-10(2,15-19(3,17)18)7-13-6-8-14-4-5-16(8)9(11)12/h4-5,9,13,15H,6-7H2,1-3H3. The summed E-state index contributed by atoms with van der Waals surface area (Å²) >= 11 is 0. The van der Waals surface area contributed by atoms with E-state index < -0.39 is 22.1 Å². The van der Waals surface area contributed by atoms with Crippen LogP contribution >= 0.6 is 0 Å². The molecule has 6 nitrogen and oxygen atoms in total. The van der Waals surface area contributed by atoms with Crippen molar-refractivity contribution < 1.29 is 17.2 Å². The minimum atomic E-state index is -3.32. The molecule has 0 aliphatic rings. The fourth-order valence-electron chi connectivity index (χ4n) is 1.68. The first-order valence-electron chi connectivity index (χ1n) is 5.60. The van der Waals surface area contributed by atoms with Gasteiger partial charge in [0.25, 0.3) is 0 Å². The normalized spacial score (nSPS) is 13.2. The van der Waals surface area contributed by atoms with Crippen molar-refractivity contribution in [3.05, 3.63) is 18.2 Å². The Bertz CT molecular complexity index is 513. The molecule has 9 heteroatoms. The average Bonchev–Trinajstić information content (AvgIpc) is 2.61. The van der Waals surface area contributed by atoms with Crippen LogP contribution in [0.25, 0.3) is 0 Å². The molecule has 19 heavy (non-hydrogen) atoms. The number of alkyl halides is 2. The lowest BCUT2D eigenvalue weighted by atomic mass is 10.1. The van der Waals surface area contributed by atoms with Gasteiger partial charge in [0, 0.05) is 24.5 Å². The zero-order valence-corrected chi connectivity index (χ0v) is 11.8. The molecule has 0 aromatic carbocycles. The van der Waals surface area contributed by atoms with Crippen molar-refractivity contribution in [1.82, 2.24) is 19.6 Å². The number of nitrogens with zero attached hydrogens (tertiary/aromatic N) is 2. The van der Waals surface area contributed by atoms with Crippen molar-refractivity contribution in [3.8, 4) is 0 Å². The van der Waals surface area contributed by atoms with Crippen molar-refractivity contribution in [1.29, 1.82) is 0 Å². The molecular formula is C10H18F2N4O2S.